The van der Waals surface area contributed by atoms with Crippen molar-refractivity contribution in [3.05, 3.63) is 17.2 Å². The van der Waals surface area contributed by atoms with Crippen LogP contribution in [0.15, 0.2) is 0 Å². The molecule has 21 heavy (non-hydrogen) atoms. The van der Waals surface area contributed by atoms with Crippen LogP contribution in [0.1, 0.15) is 49.8 Å². The molecule has 0 unspecified atom stereocenters. The first-order valence-electron chi connectivity index (χ1n) is 8.06. The number of ether oxygens (including phenoxy) is 1. The van der Waals surface area contributed by atoms with Crippen LogP contribution < -0.4 is 5.32 Å². The Morgan fingerprint density at radius 1 is 1.48 bits per heavy atom. The molecule has 0 aromatic carbocycles. The Kier molecular flexibility index (Phi) is 4.29. The SMILES string of the molecule is CC(C)c1nc2c([nH]1)C[C@H](C(=O)NC[C@H]1CCOC1)CC2. The highest BCUT2D eigenvalue weighted by Crippen LogP contribution is 2.26. The third kappa shape index (κ3) is 3.28. The number of H-pyrrole nitrogens is 1. The number of fused-ring (bicyclic) bond motifs is 1. The van der Waals surface area contributed by atoms with Gasteiger partial charge in [0.25, 0.3) is 0 Å². The van der Waals surface area contributed by atoms with Crippen LogP contribution in [-0.4, -0.2) is 35.6 Å². The molecule has 3 rings (SSSR count). The van der Waals surface area contributed by atoms with Crippen molar-refractivity contribution in [3.8, 4) is 0 Å². The molecule has 5 nitrogen and oxygen atoms in total. The predicted molar refractivity (Wildman–Crippen MR) is 80.1 cm³/mol. The third-order valence-corrected chi connectivity index (χ3v) is 4.57. The summed E-state index contributed by atoms with van der Waals surface area (Å²) in [5.74, 6) is 2.22. The van der Waals surface area contributed by atoms with Gasteiger partial charge in [-0.05, 0) is 19.3 Å². The van der Waals surface area contributed by atoms with E-state index in [-0.39, 0.29) is 11.8 Å². The zero-order valence-corrected chi connectivity index (χ0v) is 12.9. The van der Waals surface area contributed by atoms with Crippen LogP contribution >= 0.6 is 0 Å². The summed E-state index contributed by atoms with van der Waals surface area (Å²) in [4.78, 5) is 20.4. The highest BCUT2D eigenvalue weighted by atomic mass is 16.5. The first kappa shape index (κ1) is 14.6. The Balaban J connectivity index is 1.56. The van der Waals surface area contributed by atoms with Gasteiger partial charge in [0.1, 0.15) is 5.82 Å². The molecule has 1 aliphatic carbocycles. The van der Waals surface area contributed by atoms with Crippen molar-refractivity contribution in [3.63, 3.8) is 0 Å². The van der Waals surface area contributed by atoms with E-state index in [0.717, 1.165) is 62.7 Å². The monoisotopic (exact) mass is 291 g/mol. The minimum absolute atomic E-state index is 0.0836. The number of aromatic amines is 1. The second kappa shape index (κ2) is 6.18. The maximum absolute atomic E-state index is 12.3. The Hall–Kier alpha value is -1.36. The van der Waals surface area contributed by atoms with Crippen molar-refractivity contribution in [2.24, 2.45) is 11.8 Å². The summed E-state index contributed by atoms with van der Waals surface area (Å²) in [6, 6.07) is 0. The van der Waals surface area contributed by atoms with Crippen LogP contribution in [0, 0.1) is 11.8 Å². The van der Waals surface area contributed by atoms with E-state index in [0.29, 0.717) is 11.8 Å². The number of imidazole rings is 1. The van der Waals surface area contributed by atoms with Crippen LogP contribution in [0.5, 0.6) is 0 Å². The van der Waals surface area contributed by atoms with Crippen molar-refractivity contribution < 1.29 is 9.53 Å². The van der Waals surface area contributed by atoms with Gasteiger partial charge in [-0.1, -0.05) is 13.8 Å². The molecule has 2 atom stereocenters. The fourth-order valence-electron chi connectivity index (χ4n) is 3.13. The van der Waals surface area contributed by atoms with E-state index in [1.54, 1.807) is 0 Å². The molecule has 0 saturated carbocycles. The van der Waals surface area contributed by atoms with Gasteiger partial charge in [0, 0.05) is 43.0 Å². The average Bonchev–Trinajstić information content (AvgIpc) is 3.12. The topological polar surface area (TPSA) is 67.0 Å². The number of hydrogen-bond donors (Lipinski definition) is 2. The number of rotatable bonds is 4. The lowest BCUT2D eigenvalue weighted by molar-refractivity contribution is -0.125. The van der Waals surface area contributed by atoms with Gasteiger partial charge < -0.3 is 15.0 Å². The second-order valence-corrected chi connectivity index (χ2v) is 6.62. The smallest absolute Gasteiger partial charge is 0.223 e. The zero-order chi connectivity index (χ0) is 14.8. The molecule has 1 amide bonds. The number of amides is 1. The molecular weight excluding hydrogens is 266 g/mol. The Bertz CT molecular complexity index is 504. The normalized spacial score (nSPS) is 25.1. The molecule has 2 aliphatic rings. The molecular formula is C16H25N3O2. The third-order valence-electron chi connectivity index (χ3n) is 4.57. The Morgan fingerprint density at radius 3 is 3.05 bits per heavy atom. The van der Waals surface area contributed by atoms with Crippen LogP contribution in [-0.2, 0) is 22.4 Å². The van der Waals surface area contributed by atoms with E-state index in [1.807, 2.05) is 0 Å². The quantitative estimate of drug-likeness (QED) is 0.889. The second-order valence-electron chi connectivity index (χ2n) is 6.62. The number of aromatic nitrogens is 2. The fourth-order valence-corrected chi connectivity index (χ4v) is 3.13. The molecule has 1 aliphatic heterocycles. The Labute approximate surface area is 125 Å². The van der Waals surface area contributed by atoms with E-state index < -0.39 is 0 Å². The molecule has 2 N–H and O–H groups in total. The molecule has 1 fully saturated rings. The summed E-state index contributed by atoms with van der Waals surface area (Å²) in [6.45, 7) is 6.64. The van der Waals surface area contributed by atoms with E-state index in [9.17, 15) is 4.79 Å². The summed E-state index contributed by atoms with van der Waals surface area (Å²) in [6.07, 6.45) is 3.67. The van der Waals surface area contributed by atoms with Gasteiger partial charge in [-0.3, -0.25) is 4.79 Å². The molecule has 116 valence electrons. The van der Waals surface area contributed by atoms with Crippen LogP contribution in [0.3, 0.4) is 0 Å². The summed E-state index contributed by atoms with van der Waals surface area (Å²) in [5.41, 5.74) is 2.32. The number of hydrogen-bond acceptors (Lipinski definition) is 3. The van der Waals surface area contributed by atoms with Crippen LogP contribution in [0.2, 0.25) is 0 Å². The zero-order valence-electron chi connectivity index (χ0n) is 12.9. The number of nitrogens with one attached hydrogen (secondary N) is 2. The summed E-state index contributed by atoms with van der Waals surface area (Å²) in [7, 11) is 0. The maximum Gasteiger partial charge on any atom is 0.223 e. The van der Waals surface area contributed by atoms with Gasteiger partial charge in [0.05, 0.1) is 12.3 Å². The van der Waals surface area contributed by atoms with E-state index in [2.05, 4.69) is 29.1 Å². The van der Waals surface area contributed by atoms with Crippen molar-refractivity contribution in [1.29, 1.82) is 0 Å². The summed E-state index contributed by atoms with van der Waals surface area (Å²) >= 11 is 0. The van der Waals surface area contributed by atoms with Gasteiger partial charge >= 0.3 is 0 Å². The van der Waals surface area contributed by atoms with Gasteiger partial charge in [0.15, 0.2) is 0 Å². The molecule has 5 heteroatoms. The van der Waals surface area contributed by atoms with Crippen molar-refractivity contribution in [1.82, 2.24) is 15.3 Å². The molecule has 0 radical (unpaired) electrons. The maximum atomic E-state index is 12.3. The minimum Gasteiger partial charge on any atom is -0.381 e. The van der Waals surface area contributed by atoms with Crippen molar-refractivity contribution in [2.75, 3.05) is 19.8 Å². The van der Waals surface area contributed by atoms with Crippen LogP contribution in [0.4, 0.5) is 0 Å². The number of aryl methyl sites for hydroxylation is 1. The van der Waals surface area contributed by atoms with E-state index in [4.69, 9.17) is 4.74 Å². The molecule has 2 heterocycles. The molecule has 0 spiro atoms. The number of nitrogens with zero attached hydrogens (tertiary/aromatic N) is 1. The standard InChI is InChI=1S/C16H25N3O2/c1-10(2)15-18-13-4-3-12(7-14(13)19-15)16(20)17-8-11-5-6-21-9-11/h10-12H,3-9H2,1-2H3,(H,17,20)(H,18,19)/t11-,12-/m1/s1. The molecule has 1 aromatic heterocycles. The lowest BCUT2D eigenvalue weighted by Gasteiger charge is -2.21. The van der Waals surface area contributed by atoms with Crippen LogP contribution in [0.25, 0.3) is 0 Å². The lowest BCUT2D eigenvalue weighted by Crippen LogP contribution is -2.37. The summed E-state index contributed by atoms with van der Waals surface area (Å²) < 4.78 is 5.34. The minimum atomic E-state index is 0.0836. The van der Waals surface area contributed by atoms with E-state index in [1.165, 1.54) is 0 Å². The lowest BCUT2D eigenvalue weighted by atomic mass is 9.89. The van der Waals surface area contributed by atoms with Gasteiger partial charge in [-0.2, -0.15) is 0 Å². The van der Waals surface area contributed by atoms with Gasteiger partial charge in [-0.25, -0.2) is 4.98 Å². The first-order valence-corrected chi connectivity index (χ1v) is 8.06. The van der Waals surface area contributed by atoms with Gasteiger partial charge in [0.2, 0.25) is 5.91 Å². The highest BCUT2D eigenvalue weighted by molar-refractivity contribution is 5.79. The largest absolute Gasteiger partial charge is 0.381 e. The highest BCUT2D eigenvalue weighted by Gasteiger charge is 2.28. The number of carbonyl (C=O) groups excluding carboxylic acids is 1. The number of carbonyl (C=O) groups is 1. The predicted octanol–water partition coefficient (Wildman–Crippen LogP) is 1.79. The summed E-state index contributed by atoms with van der Waals surface area (Å²) in [5, 5.41) is 3.10. The average molecular weight is 291 g/mol. The fraction of sp³-hybridized carbons (Fsp3) is 0.750. The molecule has 1 saturated heterocycles. The Morgan fingerprint density at radius 2 is 2.33 bits per heavy atom. The van der Waals surface area contributed by atoms with Crippen molar-refractivity contribution >= 4 is 5.91 Å². The molecule has 1 aromatic rings. The molecule has 0 bridgehead atoms. The van der Waals surface area contributed by atoms with Gasteiger partial charge in [-0.15, -0.1) is 0 Å². The van der Waals surface area contributed by atoms with Crippen molar-refractivity contribution in [2.45, 2.75) is 45.4 Å². The van der Waals surface area contributed by atoms with E-state index >= 15 is 0 Å². The first-order chi connectivity index (χ1) is 10.1.